The van der Waals surface area contributed by atoms with E-state index in [1.807, 2.05) is 43.3 Å². The van der Waals surface area contributed by atoms with Gasteiger partial charge in [0.25, 0.3) is 0 Å². The third-order valence-electron chi connectivity index (χ3n) is 5.52. The molecule has 0 saturated heterocycles. The van der Waals surface area contributed by atoms with Crippen molar-refractivity contribution in [2.75, 3.05) is 24.9 Å². The van der Waals surface area contributed by atoms with Crippen molar-refractivity contribution >= 4 is 23.4 Å². The Labute approximate surface area is 203 Å². The summed E-state index contributed by atoms with van der Waals surface area (Å²) in [6, 6.07) is 13.0. The lowest BCUT2D eigenvalue weighted by Gasteiger charge is -2.31. The zero-order valence-corrected chi connectivity index (χ0v) is 20.6. The Morgan fingerprint density at radius 3 is 2.68 bits per heavy atom. The average Bonchev–Trinajstić information content (AvgIpc) is 3.02. The molecule has 3 aromatic rings. The van der Waals surface area contributed by atoms with Crippen molar-refractivity contribution in [2.45, 2.75) is 44.5 Å². The van der Waals surface area contributed by atoms with Crippen LogP contribution in [0, 0.1) is 0 Å². The summed E-state index contributed by atoms with van der Waals surface area (Å²) >= 11 is 1.54. The number of hydrogen-bond acceptors (Lipinski definition) is 8. The highest BCUT2D eigenvalue weighted by molar-refractivity contribution is 7.99. The van der Waals surface area contributed by atoms with Crippen molar-refractivity contribution in [1.82, 2.24) is 15.2 Å². The highest BCUT2D eigenvalue weighted by Crippen LogP contribution is 2.45. The highest BCUT2D eigenvalue weighted by Gasteiger charge is 2.36. The maximum Gasteiger partial charge on any atom is 0.247 e. The van der Waals surface area contributed by atoms with Crippen LogP contribution in [0.2, 0.25) is 0 Å². The molecule has 0 aliphatic carbocycles. The van der Waals surface area contributed by atoms with E-state index in [4.69, 9.17) is 19.2 Å². The summed E-state index contributed by atoms with van der Waals surface area (Å²) in [5.41, 5.74) is 2.59. The number of anilines is 1. The molecule has 0 fully saturated rings. The quantitative estimate of drug-likeness (QED) is 0.318. The van der Waals surface area contributed by atoms with Gasteiger partial charge in [0.05, 0.1) is 25.5 Å². The lowest BCUT2D eigenvalue weighted by atomic mass is 10.1. The number of hydrogen-bond donors (Lipinski definition) is 0. The van der Waals surface area contributed by atoms with Crippen LogP contribution in [-0.2, 0) is 4.79 Å². The molecule has 1 aromatic heterocycles. The van der Waals surface area contributed by atoms with E-state index in [9.17, 15) is 4.79 Å². The molecule has 2 aromatic carbocycles. The number of benzene rings is 2. The molecule has 2 heterocycles. The van der Waals surface area contributed by atoms with E-state index in [1.165, 1.54) is 0 Å². The van der Waals surface area contributed by atoms with Crippen LogP contribution < -0.4 is 19.1 Å². The van der Waals surface area contributed by atoms with Crippen molar-refractivity contribution in [3.05, 3.63) is 48.0 Å². The van der Waals surface area contributed by atoms with Crippen molar-refractivity contribution in [3.63, 3.8) is 0 Å². The van der Waals surface area contributed by atoms with Gasteiger partial charge < -0.3 is 14.2 Å². The number of amides is 1. The standard InChI is InChI=1S/C25H28N4O4S/c1-5-7-14-34-25-26-23-22(27-28-25)17-10-8-9-11-19(17)29(21(30)6-2)24(33-23)18-13-12-16(31-3)15-20(18)32-4/h8-13,15,24H,5-7,14H2,1-4H3. The van der Waals surface area contributed by atoms with E-state index in [2.05, 4.69) is 17.1 Å². The fraction of sp³-hybridized carbons (Fsp3) is 0.360. The third kappa shape index (κ3) is 4.65. The number of carbonyl (C=O) groups is 1. The van der Waals surface area contributed by atoms with Crippen LogP contribution >= 0.6 is 11.8 Å². The van der Waals surface area contributed by atoms with E-state index in [0.29, 0.717) is 45.9 Å². The molecule has 8 nitrogen and oxygen atoms in total. The number of ether oxygens (including phenoxy) is 3. The molecular weight excluding hydrogens is 452 g/mol. The van der Waals surface area contributed by atoms with Gasteiger partial charge in [0, 0.05) is 23.8 Å². The van der Waals surface area contributed by atoms with E-state index in [0.717, 1.165) is 24.2 Å². The molecule has 0 N–H and O–H groups in total. The Balaban J connectivity index is 1.89. The third-order valence-corrected chi connectivity index (χ3v) is 6.44. The van der Waals surface area contributed by atoms with Crippen LogP contribution in [0.3, 0.4) is 0 Å². The summed E-state index contributed by atoms with van der Waals surface area (Å²) in [5.74, 6) is 2.30. The van der Waals surface area contributed by atoms with Gasteiger partial charge in [0.15, 0.2) is 5.69 Å². The minimum atomic E-state index is -0.819. The zero-order valence-electron chi connectivity index (χ0n) is 19.8. The summed E-state index contributed by atoms with van der Waals surface area (Å²) < 4.78 is 17.5. The summed E-state index contributed by atoms with van der Waals surface area (Å²) in [7, 11) is 3.17. The number of carbonyl (C=O) groups excluding carboxylic acids is 1. The lowest BCUT2D eigenvalue weighted by molar-refractivity contribution is -0.120. The fourth-order valence-electron chi connectivity index (χ4n) is 3.75. The van der Waals surface area contributed by atoms with Crippen molar-refractivity contribution in [2.24, 2.45) is 0 Å². The molecule has 1 amide bonds. The van der Waals surface area contributed by atoms with E-state index in [-0.39, 0.29) is 5.91 Å². The Kier molecular flexibility index (Phi) is 7.52. The Bertz CT molecular complexity index is 1170. The van der Waals surface area contributed by atoms with Crippen LogP contribution in [0.25, 0.3) is 11.3 Å². The Morgan fingerprint density at radius 2 is 1.94 bits per heavy atom. The summed E-state index contributed by atoms with van der Waals surface area (Å²) in [4.78, 5) is 19.6. The first-order valence-corrected chi connectivity index (χ1v) is 12.3. The molecule has 1 aliphatic rings. The highest BCUT2D eigenvalue weighted by atomic mass is 32.2. The van der Waals surface area contributed by atoms with Crippen LogP contribution in [0.4, 0.5) is 5.69 Å². The van der Waals surface area contributed by atoms with Crippen LogP contribution in [0.15, 0.2) is 47.6 Å². The zero-order chi connectivity index (χ0) is 24.1. The molecule has 9 heteroatoms. The first kappa shape index (κ1) is 23.8. The van der Waals surface area contributed by atoms with E-state index < -0.39 is 6.23 Å². The number of rotatable bonds is 8. The average molecular weight is 481 g/mol. The number of fused-ring (bicyclic) bond motifs is 3. The molecule has 178 valence electrons. The van der Waals surface area contributed by atoms with E-state index >= 15 is 0 Å². The smallest absolute Gasteiger partial charge is 0.247 e. The topological polar surface area (TPSA) is 86.7 Å². The number of nitrogens with zero attached hydrogens (tertiary/aromatic N) is 4. The summed E-state index contributed by atoms with van der Waals surface area (Å²) in [6.45, 7) is 3.97. The number of aromatic nitrogens is 3. The lowest BCUT2D eigenvalue weighted by Crippen LogP contribution is -2.37. The largest absolute Gasteiger partial charge is 0.497 e. The summed E-state index contributed by atoms with van der Waals surface area (Å²) in [5, 5.41) is 9.34. The van der Waals surface area contributed by atoms with Gasteiger partial charge >= 0.3 is 0 Å². The molecule has 4 rings (SSSR count). The molecule has 0 saturated carbocycles. The van der Waals surface area contributed by atoms with Gasteiger partial charge in [0.2, 0.25) is 23.2 Å². The minimum absolute atomic E-state index is 0.103. The first-order valence-electron chi connectivity index (χ1n) is 11.3. The number of unbranched alkanes of at least 4 members (excludes halogenated alkanes) is 1. The Morgan fingerprint density at radius 1 is 1.12 bits per heavy atom. The second-order valence-corrected chi connectivity index (χ2v) is 8.72. The monoisotopic (exact) mass is 480 g/mol. The predicted octanol–water partition coefficient (Wildman–Crippen LogP) is 5.28. The molecule has 1 unspecified atom stereocenters. The molecule has 34 heavy (non-hydrogen) atoms. The van der Waals surface area contributed by atoms with Gasteiger partial charge in [-0.3, -0.25) is 9.69 Å². The van der Waals surface area contributed by atoms with Gasteiger partial charge in [-0.25, -0.2) is 0 Å². The second kappa shape index (κ2) is 10.7. The molecule has 0 radical (unpaired) electrons. The van der Waals surface area contributed by atoms with Crippen molar-refractivity contribution in [1.29, 1.82) is 0 Å². The van der Waals surface area contributed by atoms with Crippen LogP contribution in [0.5, 0.6) is 17.4 Å². The van der Waals surface area contributed by atoms with Crippen LogP contribution in [0.1, 0.15) is 44.9 Å². The molecule has 0 spiro atoms. The van der Waals surface area contributed by atoms with Gasteiger partial charge in [-0.15, -0.1) is 10.2 Å². The fourth-order valence-corrected chi connectivity index (χ4v) is 4.61. The van der Waals surface area contributed by atoms with Gasteiger partial charge in [-0.1, -0.05) is 50.2 Å². The summed E-state index contributed by atoms with van der Waals surface area (Å²) in [6.07, 6.45) is 1.61. The maximum atomic E-state index is 13.3. The van der Waals surface area contributed by atoms with Crippen molar-refractivity contribution < 1.29 is 19.0 Å². The number of thioether (sulfide) groups is 1. The molecular formula is C25H28N4O4S. The first-order chi connectivity index (χ1) is 16.6. The number of para-hydroxylation sites is 1. The van der Waals surface area contributed by atoms with E-state index in [1.54, 1.807) is 36.9 Å². The predicted molar refractivity (Wildman–Crippen MR) is 132 cm³/mol. The molecule has 1 aliphatic heterocycles. The second-order valence-electron chi connectivity index (χ2n) is 7.66. The maximum absolute atomic E-state index is 13.3. The van der Waals surface area contributed by atoms with Crippen LogP contribution in [-0.4, -0.2) is 41.1 Å². The SMILES string of the molecule is CCCCSc1nnc2c(n1)OC(c1ccc(OC)cc1OC)N(C(=O)CC)c1ccccc1-2. The van der Waals surface area contributed by atoms with Gasteiger partial charge in [-0.05, 0) is 24.6 Å². The minimum Gasteiger partial charge on any atom is -0.497 e. The Hall–Kier alpha value is -3.33. The molecule has 1 atom stereocenters. The number of methoxy groups -OCH3 is 2. The van der Waals surface area contributed by atoms with Gasteiger partial charge in [0.1, 0.15) is 11.5 Å². The van der Waals surface area contributed by atoms with Gasteiger partial charge in [-0.2, -0.15) is 4.98 Å². The molecule has 0 bridgehead atoms. The van der Waals surface area contributed by atoms with Crippen molar-refractivity contribution in [3.8, 4) is 28.6 Å². The normalized spacial score (nSPS) is 14.5.